The largest absolute Gasteiger partial charge is 0.359 e. The zero-order chi connectivity index (χ0) is 11.8. The molecule has 88 valence electrons. The Balaban J connectivity index is 0.000000442. The molecule has 0 fully saturated rings. The zero-order valence-corrected chi connectivity index (χ0v) is 11.1. The second kappa shape index (κ2) is 7.32. The summed E-state index contributed by atoms with van der Waals surface area (Å²) in [6, 6.07) is 0. The molecule has 0 N–H and O–H groups in total. The summed E-state index contributed by atoms with van der Waals surface area (Å²) in [5.74, 6) is 1.32. The van der Waals surface area contributed by atoms with Gasteiger partial charge in [-0.05, 0) is 0 Å². The fourth-order valence-electron chi connectivity index (χ4n) is 1.76. The molecular formula is C12H26N3+. The molecule has 3 heteroatoms. The first-order chi connectivity index (χ1) is 7.29. The Hall–Kier alpha value is -0.990. The van der Waals surface area contributed by atoms with Gasteiger partial charge in [0.05, 0.1) is 39.6 Å². The first kappa shape index (κ1) is 14.0. The number of hydrogen-bond acceptors (Lipinski definition) is 1. The van der Waals surface area contributed by atoms with Gasteiger partial charge >= 0.3 is 5.95 Å². The summed E-state index contributed by atoms with van der Waals surface area (Å²) >= 11 is 0. The lowest BCUT2D eigenvalue weighted by molar-refractivity contribution is -0.658. The minimum atomic E-state index is 1.17. The van der Waals surface area contributed by atoms with Crippen LogP contribution in [0.25, 0.3) is 0 Å². The summed E-state index contributed by atoms with van der Waals surface area (Å²) in [5.41, 5.74) is 0. The lowest BCUT2D eigenvalue weighted by Gasteiger charge is -2.18. The molecule has 0 amide bonds. The summed E-state index contributed by atoms with van der Waals surface area (Å²) in [7, 11) is 4.23. The van der Waals surface area contributed by atoms with Gasteiger partial charge in [-0.1, -0.05) is 27.7 Å². The fraction of sp³-hybridized carbons (Fsp3) is 0.750. The van der Waals surface area contributed by atoms with Crippen molar-refractivity contribution in [3.05, 3.63) is 12.4 Å². The molecule has 1 aliphatic rings. The van der Waals surface area contributed by atoms with Gasteiger partial charge < -0.3 is 0 Å². The molecule has 0 aromatic carbocycles. The van der Waals surface area contributed by atoms with Crippen molar-refractivity contribution < 1.29 is 4.57 Å². The predicted octanol–water partition coefficient (Wildman–Crippen LogP) is 2.20. The van der Waals surface area contributed by atoms with Crippen molar-refractivity contribution >= 4 is 5.95 Å². The number of nitrogens with zero attached hydrogens (tertiary/aromatic N) is 3. The van der Waals surface area contributed by atoms with Gasteiger partial charge in [0, 0.05) is 6.42 Å². The monoisotopic (exact) mass is 212 g/mol. The third-order valence-corrected chi connectivity index (χ3v) is 2.28. The highest BCUT2D eigenvalue weighted by atomic mass is 15.3. The minimum absolute atomic E-state index is 1.17. The van der Waals surface area contributed by atoms with Crippen molar-refractivity contribution in [3.63, 3.8) is 0 Å². The number of anilines is 1. The molecule has 15 heavy (non-hydrogen) atoms. The van der Waals surface area contributed by atoms with E-state index >= 15 is 0 Å². The van der Waals surface area contributed by atoms with Crippen molar-refractivity contribution in [1.29, 1.82) is 0 Å². The number of aromatic nitrogens is 2. The quantitative estimate of drug-likeness (QED) is 0.600. The first-order valence-corrected chi connectivity index (χ1v) is 6.05. The molecule has 0 saturated heterocycles. The van der Waals surface area contributed by atoms with Crippen LogP contribution in [0.1, 0.15) is 34.1 Å². The van der Waals surface area contributed by atoms with Gasteiger partial charge in [-0.3, -0.25) is 4.90 Å². The summed E-state index contributed by atoms with van der Waals surface area (Å²) in [4.78, 5) is 2.30. The van der Waals surface area contributed by atoms with Crippen LogP contribution in [0.3, 0.4) is 0 Å². The molecule has 1 aromatic heterocycles. The molecule has 0 radical (unpaired) electrons. The summed E-state index contributed by atoms with van der Waals surface area (Å²) < 4.78 is 4.46. The Kier molecular flexibility index (Phi) is 6.84. The Morgan fingerprint density at radius 2 is 1.73 bits per heavy atom. The molecule has 0 saturated carbocycles. The average Bonchev–Trinajstić information content (AvgIpc) is 2.68. The Labute approximate surface area is 94.3 Å². The lowest BCUT2D eigenvalue weighted by Crippen LogP contribution is -2.40. The molecule has 0 unspecified atom stereocenters. The van der Waals surface area contributed by atoms with E-state index in [9.17, 15) is 0 Å². The SMILES string of the molecule is CC.CC.CN1CCCn2cc[n+](C)c21. The van der Waals surface area contributed by atoms with Crippen LogP contribution in [-0.2, 0) is 13.6 Å². The van der Waals surface area contributed by atoms with E-state index in [0.29, 0.717) is 0 Å². The van der Waals surface area contributed by atoms with Crippen LogP contribution in [0.5, 0.6) is 0 Å². The Morgan fingerprint density at radius 3 is 2.27 bits per heavy atom. The third-order valence-electron chi connectivity index (χ3n) is 2.28. The van der Waals surface area contributed by atoms with Crippen molar-refractivity contribution in [2.24, 2.45) is 7.05 Å². The Bertz CT molecular complexity index is 266. The topological polar surface area (TPSA) is 12.1 Å². The van der Waals surface area contributed by atoms with E-state index in [2.05, 4.69) is 40.5 Å². The van der Waals surface area contributed by atoms with Crippen LogP contribution >= 0.6 is 0 Å². The number of fused-ring (bicyclic) bond motifs is 1. The Morgan fingerprint density at radius 1 is 1.13 bits per heavy atom. The van der Waals surface area contributed by atoms with E-state index in [1.165, 1.54) is 25.5 Å². The standard InChI is InChI=1S/C8H14N3.2C2H6/c1-9-4-3-5-11-7-6-10(2)8(9)11;2*1-2/h6-7H,3-5H2,1-2H3;2*1-2H3/q+1;;. The smallest absolute Gasteiger partial charge is 0.267 e. The van der Waals surface area contributed by atoms with E-state index in [1.54, 1.807) is 0 Å². The maximum atomic E-state index is 2.30. The molecular weight excluding hydrogens is 186 g/mol. The summed E-state index contributed by atoms with van der Waals surface area (Å²) in [6.45, 7) is 10.3. The maximum absolute atomic E-state index is 2.30. The van der Waals surface area contributed by atoms with E-state index in [4.69, 9.17) is 0 Å². The molecule has 0 atom stereocenters. The van der Waals surface area contributed by atoms with Crippen LogP contribution in [0.15, 0.2) is 12.4 Å². The highest BCUT2D eigenvalue weighted by Crippen LogP contribution is 2.13. The van der Waals surface area contributed by atoms with E-state index in [-0.39, 0.29) is 0 Å². The predicted molar refractivity (Wildman–Crippen MR) is 66.2 cm³/mol. The molecule has 2 rings (SSSR count). The molecule has 2 heterocycles. The molecule has 0 spiro atoms. The fourth-order valence-corrected chi connectivity index (χ4v) is 1.76. The van der Waals surface area contributed by atoms with E-state index in [1.807, 2.05) is 27.7 Å². The van der Waals surface area contributed by atoms with Gasteiger partial charge in [0.2, 0.25) is 0 Å². The second-order valence-electron chi connectivity index (χ2n) is 3.18. The average molecular weight is 212 g/mol. The third kappa shape index (κ3) is 3.26. The molecule has 3 nitrogen and oxygen atoms in total. The van der Waals surface area contributed by atoms with Crippen molar-refractivity contribution in [1.82, 2.24) is 4.57 Å². The normalized spacial score (nSPS) is 13.1. The van der Waals surface area contributed by atoms with Crippen LogP contribution in [0, 0.1) is 0 Å². The van der Waals surface area contributed by atoms with E-state index in [0.717, 1.165) is 0 Å². The zero-order valence-electron chi connectivity index (χ0n) is 11.1. The van der Waals surface area contributed by atoms with Crippen LogP contribution in [-0.4, -0.2) is 18.2 Å². The van der Waals surface area contributed by atoms with Gasteiger partial charge in [0.25, 0.3) is 0 Å². The van der Waals surface area contributed by atoms with Crippen LogP contribution in [0.4, 0.5) is 5.95 Å². The number of aryl methyl sites for hydroxylation is 2. The number of hydrogen-bond donors (Lipinski definition) is 0. The summed E-state index contributed by atoms with van der Waals surface area (Å²) in [6.07, 6.45) is 5.51. The number of imidazole rings is 1. The summed E-state index contributed by atoms with van der Waals surface area (Å²) in [5, 5.41) is 0. The van der Waals surface area contributed by atoms with Crippen molar-refractivity contribution in [2.75, 3.05) is 18.5 Å². The molecule has 1 aromatic rings. The van der Waals surface area contributed by atoms with Crippen molar-refractivity contribution in [3.8, 4) is 0 Å². The van der Waals surface area contributed by atoms with Crippen LogP contribution < -0.4 is 9.47 Å². The lowest BCUT2D eigenvalue weighted by atomic mass is 10.3. The number of rotatable bonds is 0. The first-order valence-electron chi connectivity index (χ1n) is 6.05. The maximum Gasteiger partial charge on any atom is 0.359 e. The van der Waals surface area contributed by atoms with E-state index < -0.39 is 0 Å². The highest BCUT2D eigenvalue weighted by Gasteiger charge is 2.22. The van der Waals surface area contributed by atoms with Gasteiger partial charge in [0.1, 0.15) is 0 Å². The van der Waals surface area contributed by atoms with Crippen LogP contribution in [0.2, 0.25) is 0 Å². The minimum Gasteiger partial charge on any atom is -0.267 e. The van der Waals surface area contributed by atoms with Gasteiger partial charge in [-0.2, -0.15) is 0 Å². The molecule has 0 aliphatic carbocycles. The molecule has 0 bridgehead atoms. The molecule has 1 aliphatic heterocycles. The van der Waals surface area contributed by atoms with Gasteiger partial charge in [-0.25, -0.2) is 9.13 Å². The van der Waals surface area contributed by atoms with Crippen molar-refractivity contribution in [2.45, 2.75) is 40.7 Å². The van der Waals surface area contributed by atoms with Gasteiger partial charge in [-0.15, -0.1) is 0 Å². The second-order valence-corrected chi connectivity index (χ2v) is 3.18. The highest BCUT2D eigenvalue weighted by molar-refractivity contribution is 5.25. The van der Waals surface area contributed by atoms with Gasteiger partial charge in [0.15, 0.2) is 0 Å².